The minimum absolute atomic E-state index is 0.221. The molecule has 0 unspecified atom stereocenters. The van der Waals surface area contributed by atoms with E-state index in [4.69, 9.17) is 10.2 Å². The van der Waals surface area contributed by atoms with Crippen LogP contribution in [-0.4, -0.2) is 44.3 Å². The van der Waals surface area contributed by atoms with Crippen LogP contribution >= 0.6 is 0 Å². The van der Waals surface area contributed by atoms with Gasteiger partial charge in [-0.05, 0) is 24.3 Å². The Morgan fingerprint density at radius 2 is 0.821 bits per heavy atom. The molecule has 0 aliphatic carbocycles. The maximum absolute atomic E-state index is 11.4. The molecule has 2 aromatic carbocycles. The molecule has 138 valence electrons. The lowest BCUT2D eigenvalue weighted by molar-refractivity contribution is 0.0651. The standard InChI is InChI=1S/C18H8N2O8/c19-5-7-1-11(15(21)22)13(17(25)26)3-9(7)10-4-14(18(27)28)12(16(23)24)2-8(10)6-20/h1-4H,(H,21,22)(H,23,24)(H,25,26)(H,27,28). The Balaban J connectivity index is 2.99. The Kier molecular flexibility index (Phi) is 5.10. The van der Waals surface area contributed by atoms with E-state index in [0.29, 0.717) is 0 Å². The Hall–Kier alpha value is -4.70. The maximum atomic E-state index is 11.4. The molecule has 0 heterocycles. The maximum Gasteiger partial charge on any atom is 0.336 e. The van der Waals surface area contributed by atoms with Crippen LogP contribution in [0.2, 0.25) is 0 Å². The number of carboxylic acids is 4. The van der Waals surface area contributed by atoms with Gasteiger partial charge in [0.15, 0.2) is 0 Å². The van der Waals surface area contributed by atoms with Crippen LogP contribution < -0.4 is 0 Å². The molecule has 28 heavy (non-hydrogen) atoms. The third-order valence-electron chi connectivity index (χ3n) is 3.77. The number of carboxylic acid groups (broad SMARTS) is 4. The Labute approximate surface area is 155 Å². The highest BCUT2D eigenvalue weighted by atomic mass is 16.4. The lowest BCUT2D eigenvalue weighted by Crippen LogP contribution is -2.11. The molecule has 0 aromatic heterocycles. The molecule has 0 spiro atoms. The van der Waals surface area contributed by atoms with Gasteiger partial charge >= 0.3 is 23.9 Å². The fourth-order valence-corrected chi connectivity index (χ4v) is 2.54. The number of aromatic carboxylic acids is 4. The lowest BCUT2D eigenvalue weighted by Gasteiger charge is -2.12. The van der Waals surface area contributed by atoms with Crippen molar-refractivity contribution < 1.29 is 39.6 Å². The first-order chi connectivity index (χ1) is 13.1. The Bertz CT molecular complexity index is 1060. The van der Waals surface area contributed by atoms with Crippen molar-refractivity contribution in [2.45, 2.75) is 0 Å². The van der Waals surface area contributed by atoms with Gasteiger partial charge in [0.2, 0.25) is 0 Å². The van der Waals surface area contributed by atoms with Crippen LogP contribution in [0, 0.1) is 22.7 Å². The first kappa shape index (κ1) is 19.6. The summed E-state index contributed by atoms with van der Waals surface area (Å²) >= 11 is 0. The van der Waals surface area contributed by atoms with E-state index in [9.17, 15) is 39.9 Å². The summed E-state index contributed by atoms with van der Waals surface area (Å²) in [6.45, 7) is 0. The number of carbonyl (C=O) groups is 4. The molecule has 0 saturated heterocycles. The van der Waals surface area contributed by atoms with E-state index in [1.807, 2.05) is 0 Å². The summed E-state index contributed by atoms with van der Waals surface area (Å²) in [4.78, 5) is 45.3. The van der Waals surface area contributed by atoms with Crippen molar-refractivity contribution in [1.82, 2.24) is 0 Å². The number of hydrogen-bond acceptors (Lipinski definition) is 6. The Morgan fingerprint density at radius 3 is 1.04 bits per heavy atom. The molecule has 2 aromatic rings. The number of nitrogens with zero attached hydrogens (tertiary/aromatic N) is 2. The van der Waals surface area contributed by atoms with E-state index in [1.54, 1.807) is 12.1 Å². The zero-order chi connectivity index (χ0) is 21.2. The number of rotatable bonds is 5. The topological polar surface area (TPSA) is 197 Å². The van der Waals surface area contributed by atoms with Crippen LogP contribution in [0.25, 0.3) is 11.1 Å². The van der Waals surface area contributed by atoms with Crippen molar-refractivity contribution >= 4 is 23.9 Å². The number of nitriles is 2. The molecule has 10 heteroatoms. The average molecular weight is 380 g/mol. The second-order valence-electron chi connectivity index (χ2n) is 5.33. The third-order valence-corrected chi connectivity index (χ3v) is 3.77. The third kappa shape index (κ3) is 3.34. The van der Waals surface area contributed by atoms with Gasteiger partial charge in [-0.1, -0.05) is 0 Å². The van der Waals surface area contributed by atoms with Gasteiger partial charge in [-0.2, -0.15) is 10.5 Å². The minimum Gasteiger partial charge on any atom is -0.478 e. The summed E-state index contributed by atoms with van der Waals surface area (Å²) in [6.07, 6.45) is 0. The van der Waals surface area contributed by atoms with Gasteiger partial charge in [-0.3, -0.25) is 0 Å². The fourth-order valence-electron chi connectivity index (χ4n) is 2.54. The highest BCUT2D eigenvalue weighted by Crippen LogP contribution is 2.32. The SMILES string of the molecule is N#Cc1cc(C(=O)O)c(C(=O)O)cc1-c1cc(C(=O)O)c(C(=O)O)cc1C#N. The predicted octanol–water partition coefficient (Wildman–Crippen LogP) is 1.89. The molecule has 4 N–H and O–H groups in total. The van der Waals surface area contributed by atoms with Crippen LogP contribution in [-0.2, 0) is 0 Å². The van der Waals surface area contributed by atoms with Crippen LogP contribution in [0.5, 0.6) is 0 Å². The predicted molar refractivity (Wildman–Crippen MR) is 89.1 cm³/mol. The van der Waals surface area contributed by atoms with E-state index in [2.05, 4.69) is 0 Å². The number of benzene rings is 2. The van der Waals surface area contributed by atoms with Gasteiger partial charge in [0.25, 0.3) is 0 Å². The molecule has 0 aliphatic heterocycles. The molecule has 0 aliphatic rings. The van der Waals surface area contributed by atoms with E-state index in [-0.39, 0.29) is 22.3 Å². The van der Waals surface area contributed by atoms with Gasteiger partial charge in [0, 0.05) is 11.1 Å². The summed E-state index contributed by atoms with van der Waals surface area (Å²) in [7, 11) is 0. The first-order valence-electron chi connectivity index (χ1n) is 7.22. The summed E-state index contributed by atoms with van der Waals surface area (Å²) in [5, 5.41) is 55.4. The van der Waals surface area contributed by atoms with Crippen LogP contribution in [0.3, 0.4) is 0 Å². The molecular formula is C18H8N2O8. The van der Waals surface area contributed by atoms with Gasteiger partial charge in [0.1, 0.15) is 0 Å². The second kappa shape index (κ2) is 7.27. The van der Waals surface area contributed by atoms with Crippen molar-refractivity contribution in [3.8, 4) is 23.3 Å². The van der Waals surface area contributed by atoms with Crippen molar-refractivity contribution in [3.05, 3.63) is 57.6 Å². The van der Waals surface area contributed by atoms with Crippen LogP contribution in [0.1, 0.15) is 52.6 Å². The minimum atomic E-state index is -1.62. The van der Waals surface area contributed by atoms with Gasteiger partial charge in [-0.25, -0.2) is 19.2 Å². The zero-order valence-corrected chi connectivity index (χ0v) is 13.6. The zero-order valence-electron chi connectivity index (χ0n) is 13.6. The molecular weight excluding hydrogens is 372 g/mol. The van der Waals surface area contributed by atoms with Gasteiger partial charge in [0.05, 0.1) is 45.5 Å². The quantitative estimate of drug-likeness (QED) is 0.594. The van der Waals surface area contributed by atoms with Crippen molar-refractivity contribution in [3.63, 3.8) is 0 Å². The van der Waals surface area contributed by atoms with Crippen molar-refractivity contribution in [2.75, 3.05) is 0 Å². The second-order valence-corrected chi connectivity index (χ2v) is 5.33. The molecule has 0 amide bonds. The summed E-state index contributed by atoms with van der Waals surface area (Å²) in [6, 6.07) is 6.55. The van der Waals surface area contributed by atoms with Crippen LogP contribution in [0.15, 0.2) is 24.3 Å². The largest absolute Gasteiger partial charge is 0.478 e. The Morgan fingerprint density at radius 1 is 0.571 bits per heavy atom. The highest BCUT2D eigenvalue weighted by molar-refractivity contribution is 6.05. The monoisotopic (exact) mass is 380 g/mol. The molecule has 0 saturated carbocycles. The first-order valence-corrected chi connectivity index (χ1v) is 7.22. The van der Waals surface area contributed by atoms with Crippen LogP contribution in [0.4, 0.5) is 0 Å². The smallest absolute Gasteiger partial charge is 0.336 e. The van der Waals surface area contributed by atoms with E-state index < -0.39 is 46.1 Å². The average Bonchev–Trinajstić information content (AvgIpc) is 2.65. The molecule has 0 atom stereocenters. The summed E-state index contributed by atoms with van der Waals surface area (Å²) in [5.41, 5.74) is -3.84. The summed E-state index contributed by atoms with van der Waals surface area (Å²) < 4.78 is 0. The molecule has 0 bridgehead atoms. The lowest BCUT2D eigenvalue weighted by atomic mass is 9.89. The summed E-state index contributed by atoms with van der Waals surface area (Å²) in [5.74, 6) is -6.45. The normalized spacial score (nSPS) is 9.79. The van der Waals surface area contributed by atoms with E-state index in [0.717, 1.165) is 24.3 Å². The molecule has 0 fully saturated rings. The van der Waals surface area contributed by atoms with Gasteiger partial charge in [-0.15, -0.1) is 0 Å². The van der Waals surface area contributed by atoms with Gasteiger partial charge < -0.3 is 20.4 Å². The molecule has 0 radical (unpaired) electrons. The van der Waals surface area contributed by atoms with E-state index in [1.165, 1.54) is 0 Å². The van der Waals surface area contributed by atoms with E-state index >= 15 is 0 Å². The van der Waals surface area contributed by atoms with Crippen molar-refractivity contribution in [1.29, 1.82) is 10.5 Å². The molecule has 2 rings (SSSR count). The fraction of sp³-hybridized carbons (Fsp3) is 0. The van der Waals surface area contributed by atoms with Crippen molar-refractivity contribution in [2.24, 2.45) is 0 Å². The highest BCUT2D eigenvalue weighted by Gasteiger charge is 2.25. The number of hydrogen-bond donors (Lipinski definition) is 4. The molecule has 10 nitrogen and oxygen atoms in total.